The topological polar surface area (TPSA) is 64.4 Å². The zero-order valence-electron chi connectivity index (χ0n) is 9.81. The summed E-state index contributed by atoms with van der Waals surface area (Å²) in [6, 6.07) is 0.127. The van der Waals surface area contributed by atoms with E-state index in [1.165, 1.54) is 0 Å². The minimum Gasteiger partial charge on any atom is -0.373 e. The maximum atomic E-state index is 11.8. The van der Waals surface area contributed by atoms with E-state index >= 15 is 0 Å². The lowest BCUT2D eigenvalue weighted by Crippen LogP contribution is -2.46. The van der Waals surface area contributed by atoms with Gasteiger partial charge in [-0.25, -0.2) is 0 Å². The summed E-state index contributed by atoms with van der Waals surface area (Å²) in [5, 5.41) is 3.05. The number of hydrogen-bond donors (Lipinski definition) is 2. The number of hydrogen-bond acceptors (Lipinski definition) is 3. The van der Waals surface area contributed by atoms with Crippen molar-refractivity contribution < 1.29 is 9.53 Å². The number of amides is 1. The average Bonchev–Trinajstić information content (AvgIpc) is 2.77. The van der Waals surface area contributed by atoms with Crippen molar-refractivity contribution in [3.63, 3.8) is 0 Å². The second kappa shape index (κ2) is 5.34. The molecule has 2 rings (SSSR count). The number of ether oxygens (including phenoxy) is 1. The van der Waals surface area contributed by atoms with Crippen molar-refractivity contribution in [2.24, 2.45) is 11.7 Å². The van der Waals surface area contributed by atoms with Gasteiger partial charge in [0.2, 0.25) is 5.91 Å². The molecule has 94 valence electrons. The van der Waals surface area contributed by atoms with E-state index in [1.54, 1.807) is 0 Å². The van der Waals surface area contributed by atoms with Crippen molar-refractivity contribution in [3.8, 4) is 0 Å². The maximum absolute atomic E-state index is 11.8. The molecule has 2 heterocycles. The Balaban J connectivity index is 0.00000128. The Labute approximate surface area is 103 Å². The number of carbonyl (C=O) groups excluding carboxylic acids is 1. The van der Waals surface area contributed by atoms with Gasteiger partial charge in [0.25, 0.3) is 0 Å². The zero-order valence-corrected chi connectivity index (χ0v) is 10.6. The average molecular weight is 249 g/mol. The van der Waals surface area contributed by atoms with Crippen molar-refractivity contribution in [1.29, 1.82) is 0 Å². The van der Waals surface area contributed by atoms with E-state index in [9.17, 15) is 4.79 Å². The molecule has 5 atom stereocenters. The number of nitrogens with two attached hydrogens (primary N) is 1. The van der Waals surface area contributed by atoms with Crippen LogP contribution in [0.2, 0.25) is 0 Å². The minimum atomic E-state index is -0.121. The number of fused-ring (bicyclic) bond motifs is 2. The molecule has 5 heteroatoms. The molecule has 0 spiro atoms. The largest absolute Gasteiger partial charge is 0.373 e. The molecule has 2 aliphatic rings. The third kappa shape index (κ3) is 2.67. The third-order valence-electron chi connectivity index (χ3n) is 3.64. The maximum Gasteiger partial charge on any atom is 0.224 e. The van der Waals surface area contributed by atoms with Crippen molar-refractivity contribution in [3.05, 3.63) is 0 Å². The highest BCUT2D eigenvalue weighted by molar-refractivity contribution is 5.85. The molecule has 2 bridgehead atoms. The van der Waals surface area contributed by atoms with Gasteiger partial charge in [0.15, 0.2) is 0 Å². The highest BCUT2D eigenvalue weighted by atomic mass is 35.5. The van der Waals surface area contributed by atoms with Crippen molar-refractivity contribution >= 4 is 18.3 Å². The molecule has 0 aromatic carbocycles. The summed E-state index contributed by atoms with van der Waals surface area (Å²) < 4.78 is 5.68. The van der Waals surface area contributed by atoms with Gasteiger partial charge in [-0.05, 0) is 26.2 Å². The Hall–Kier alpha value is -0.320. The van der Waals surface area contributed by atoms with Crippen LogP contribution in [0.5, 0.6) is 0 Å². The molecule has 2 saturated heterocycles. The molecule has 4 nitrogen and oxygen atoms in total. The van der Waals surface area contributed by atoms with Gasteiger partial charge in [-0.1, -0.05) is 6.92 Å². The highest BCUT2D eigenvalue weighted by Gasteiger charge is 2.41. The van der Waals surface area contributed by atoms with Crippen LogP contribution < -0.4 is 11.1 Å². The van der Waals surface area contributed by atoms with Crippen LogP contribution in [0.4, 0.5) is 0 Å². The molecular formula is C11H21ClN2O2. The molecule has 2 unspecified atom stereocenters. The molecule has 2 aliphatic heterocycles. The van der Waals surface area contributed by atoms with Crippen LogP contribution in [0.15, 0.2) is 0 Å². The number of halogens is 1. The monoisotopic (exact) mass is 248 g/mol. The quantitative estimate of drug-likeness (QED) is 0.778. The molecule has 3 N–H and O–H groups in total. The predicted molar refractivity (Wildman–Crippen MR) is 64.5 cm³/mol. The second-order valence-electron chi connectivity index (χ2n) is 4.87. The Bertz CT molecular complexity index is 260. The van der Waals surface area contributed by atoms with Gasteiger partial charge in [0.05, 0.1) is 18.2 Å². The summed E-state index contributed by atoms with van der Waals surface area (Å²) in [5.74, 6) is -0.0599. The fraction of sp³-hybridized carbons (Fsp3) is 0.909. The second-order valence-corrected chi connectivity index (χ2v) is 4.87. The third-order valence-corrected chi connectivity index (χ3v) is 3.64. The first-order chi connectivity index (χ1) is 7.08. The standard InChI is InChI=1S/C11H20N2O2.ClH/c1-6(7(2)12)11(14)13-9-5-8-3-4-10(9)15-8;/h6-10H,3-5,12H2,1-2H3,(H,13,14);1H/t6?,7?,8-,9-,10+;/m1./s1. The molecule has 0 aromatic rings. The summed E-state index contributed by atoms with van der Waals surface area (Å²) in [4.78, 5) is 11.8. The lowest BCUT2D eigenvalue weighted by molar-refractivity contribution is -0.126. The van der Waals surface area contributed by atoms with Crippen molar-refractivity contribution in [2.45, 2.75) is 57.4 Å². The summed E-state index contributed by atoms with van der Waals surface area (Å²) in [6.45, 7) is 3.73. The molecule has 0 aliphatic carbocycles. The van der Waals surface area contributed by atoms with E-state index in [4.69, 9.17) is 10.5 Å². The normalized spacial score (nSPS) is 35.3. The Morgan fingerprint density at radius 2 is 2.12 bits per heavy atom. The fourth-order valence-corrected chi connectivity index (χ4v) is 2.34. The predicted octanol–water partition coefficient (Wildman–Crippen LogP) is 0.828. The van der Waals surface area contributed by atoms with Crippen LogP contribution in [0.3, 0.4) is 0 Å². The molecule has 16 heavy (non-hydrogen) atoms. The molecule has 0 aromatic heterocycles. The minimum absolute atomic E-state index is 0. The van der Waals surface area contributed by atoms with Gasteiger partial charge in [0.1, 0.15) is 0 Å². The molecular weight excluding hydrogens is 228 g/mol. The van der Waals surface area contributed by atoms with Crippen molar-refractivity contribution in [1.82, 2.24) is 5.32 Å². The SMILES string of the molecule is CC(N)C(C)C(=O)N[C@@H]1C[C@H]2CC[C@@H]1O2.Cl. The number of rotatable bonds is 3. The van der Waals surface area contributed by atoms with Crippen LogP contribution in [0.1, 0.15) is 33.1 Å². The van der Waals surface area contributed by atoms with Crippen LogP contribution in [0, 0.1) is 5.92 Å². The van der Waals surface area contributed by atoms with Gasteiger partial charge in [-0.3, -0.25) is 4.79 Å². The Morgan fingerprint density at radius 3 is 2.56 bits per heavy atom. The van der Waals surface area contributed by atoms with Gasteiger partial charge < -0.3 is 15.8 Å². The van der Waals surface area contributed by atoms with E-state index in [-0.39, 0.29) is 42.4 Å². The highest BCUT2D eigenvalue weighted by Crippen LogP contribution is 2.34. The lowest BCUT2D eigenvalue weighted by atomic mass is 9.94. The van der Waals surface area contributed by atoms with Gasteiger partial charge in [-0.15, -0.1) is 12.4 Å². The summed E-state index contributed by atoms with van der Waals surface area (Å²) in [6.07, 6.45) is 3.84. The summed E-state index contributed by atoms with van der Waals surface area (Å²) in [7, 11) is 0. The van der Waals surface area contributed by atoms with Gasteiger partial charge >= 0.3 is 0 Å². The first-order valence-electron chi connectivity index (χ1n) is 5.79. The molecule has 1 amide bonds. The van der Waals surface area contributed by atoms with Gasteiger partial charge in [-0.2, -0.15) is 0 Å². The zero-order chi connectivity index (χ0) is 11.0. The van der Waals surface area contributed by atoms with Crippen LogP contribution >= 0.6 is 12.4 Å². The van der Waals surface area contributed by atoms with Crippen LogP contribution in [-0.4, -0.2) is 30.2 Å². The van der Waals surface area contributed by atoms with E-state index in [0.717, 1.165) is 19.3 Å². The molecule has 2 fully saturated rings. The van der Waals surface area contributed by atoms with E-state index < -0.39 is 0 Å². The van der Waals surface area contributed by atoms with E-state index in [1.807, 2.05) is 13.8 Å². The van der Waals surface area contributed by atoms with Gasteiger partial charge in [0, 0.05) is 12.0 Å². The number of carbonyl (C=O) groups is 1. The van der Waals surface area contributed by atoms with Crippen LogP contribution in [-0.2, 0) is 9.53 Å². The fourth-order valence-electron chi connectivity index (χ4n) is 2.34. The molecule has 0 saturated carbocycles. The van der Waals surface area contributed by atoms with Crippen LogP contribution in [0.25, 0.3) is 0 Å². The smallest absolute Gasteiger partial charge is 0.224 e. The first-order valence-corrected chi connectivity index (χ1v) is 5.79. The first kappa shape index (κ1) is 13.7. The molecule has 0 radical (unpaired) electrons. The lowest BCUT2D eigenvalue weighted by Gasteiger charge is -2.23. The van der Waals surface area contributed by atoms with E-state index in [0.29, 0.717) is 6.10 Å². The Morgan fingerprint density at radius 1 is 1.44 bits per heavy atom. The van der Waals surface area contributed by atoms with E-state index in [2.05, 4.69) is 5.32 Å². The Kier molecular flexibility index (Phi) is 4.59. The summed E-state index contributed by atoms with van der Waals surface area (Å²) in [5.41, 5.74) is 5.69. The summed E-state index contributed by atoms with van der Waals surface area (Å²) >= 11 is 0. The number of nitrogens with one attached hydrogen (secondary N) is 1. The van der Waals surface area contributed by atoms with Crippen molar-refractivity contribution in [2.75, 3.05) is 0 Å².